The van der Waals surface area contributed by atoms with Gasteiger partial charge in [0.15, 0.2) is 0 Å². The van der Waals surface area contributed by atoms with Gasteiger partial charge in [0, 0.05) is 37.6 Å². The van der Waals surface area contributed by atoms with Gasteiger partial charge in [-0.1, -0.05) is 12.1 Å². The van der Waals surface area contributed by atoms with Gasteiger partial charge in [-0.15, -0.1) is 0 Å². The van der Waals surface area contributed by atoms with E-state index in [1.807, 2.05) is 19.1 Å². The summed E-state index contributed by atoms with van der Waals surface area (Å²) in [7, 11) is 1.66. The molecule has 23 heavy (non-hydrogen) atoms. The van der Waals surface area contributed by atoms with Gasteiger partial charge in [-0.05, 0) is 43.9 Å². The third-order valence-electron chi connectivity index (χ3n) is 4.60. The first-order chi connectivity index (χ1) is 11.1. The predicted octanol–water partition coefficient (Wildman–Crippen LogP) is 1.99. The highest BCUT2D eigenvalue weighted by atomic mass is 16.5. The van der Waals surface area contributed by atoms with E-state index in [2.05, 4.69) is 17.4 Å². The van der Waals surface area contributed by atoms with Crippen LogP contribution in [-0.4, -0.2) is 38.8 Å². The van der Waals surface area contributed by atoms with Gasteiger partial charge in [0.05, 0.1) is 7.11 Å². The van der Waals surface area contributed by atoms with Crippen molar-refractivity contribution >= 4 is 5.91 Å². The monoisotopic (exact) mass is 320 g/mol. The maximum Gasteiger partial charge on any atom is 0.220 e. The predicted molar refractivity (Wildman–Crippen MR) is 90.6 cm³/mol. The first-order valence-electron chi connectivity index (χ1n) is 8.30. The van der Waals surface area contributed by atoms with Crippen molar-refractivity contribution < 1.29 is 14.3 Å². The molecule has 1 heterocycles. The number of carbonyl (C=O) groups is 1. The number of methoxy groups -OCH3 is 1. The van der Waals surface area contributed by atoms with Crippen LogP contribution in [0.3, 0.4) is 0 Å². The summed E-state index contributed by atoms with van der Waals surface area (Å²) in [5.74, 6) is 0.915. The summed E-state index contributed by atoms with van der Waals surface area (Å²) >= 11 is 0. The molecule has 5 heteroatoms. The maximum absolute atomic E-state index is 12.0. The Morgan fingerprint density at radius 1 is 1.35 bits per heavy atom. The lowest BCUT2D eigenvalue weighted by Crippen LogP contribution is -2.44. The third kappa shape index (κ3) is 4.94. The number of benzene rings is 1. The second-order valence-electron chi connectivity index (χ2n) is 6.41. The number of nitrogens with two attached hydrogens (primary N) is 1. The molecule has 1 fully saturated rings. The first-order valence-corrected chi connectivity index (χ1v) is 8.30. The SMILES string of the molecule is COc1ccc(C2(CNC(=O)CCC(C)N)CCOCC2)cc1. The molecule has 5 nitrogen and oxygen atoms in total. The fraction of sp³-hybridized carbons (Fsp3) is 0.611. The molecule has 1 unspecified atom stereocenters. The third-order valence-corrected chi connectivity index (χ3v) is 4.60. The zero-order valence-corrected chi connectivity index (χ0v) is 14.1. The van der Waals surface area contributed by atoms with Crippen LogP contribution in [0.5, 0.6) is 5.75 Å². The van der Waals surface area contributed by atoms with Gasteiger partial charge in [-0.25, -0.2) is 0 Å². The van der Waals surface area contributed by atoms with Crippen LogP contribution < -0.4 is 15.8 Å². The lowest BCUT2D eigenvalue weighted by atomic mass is 9.74. The van der Waals surface area contributed by atoms with Gasteiger partial charge >= 0.3 is 0 Å². The van der Waals surface area contributed by atoms with Crippen molar-refractivity contribution in [2.24, 2.45) is 5.73 Å². The molecule has 1 amide bonds. The van der Waals surface area contributed by atoms with E-state index in [0.717, 1.165) is 31.8 Å². The largest absolute Gasteiger partial charge is 0.497 e. The molecule has 0 aliphatic carbocycles. The molecule has 1 aliphatic heterocycles. The van der Waals surface area contributed by atoms with Crippen LogP contribution in [0.4, 0.5) is 0 Å². The molecule has 0 spiro atoms. The highest BCUT2D eigenvalue weighted by Gasteiger charge is 2.34. The minimum absolute atomic E-state index is 0.0550. The molecule has 3 N–H and O–H groups in total. The van der Waals surface area contributed by atoms with Crippen LogP contribution in [0.2, 0.25) is 0 Å². The second kappa shape index (κ2) is 8.31. The molecule has 0 bridgehead atoms. The molecule has 1 aliphatic rings. The van der Waals surface area contributed by atoms with Crippen molar-refractivity contribution in [3.05, 3.63) is 29.8 Å². The molecule has 1 saturated heterocycles. The van der Waals surface area contributed by atoms with E-state index in [1.165, 1.54) is 5.56 Å². The lowest BCUT2D eigenvalue weighted by Gasteiger charge is -2.38. The van der Waals surface area contributed by atoms with Crippen LogP contribution in [0.25, 0.3) is 0 Å². The summed E-state index contributed by atoms with van der Waals surface area (Å²) in [6.45, 7) is 4.01. The van der Waals surface area contributed by atoms with E-state index in [4.69, 9.17) is 15.2 Å². The van der Waals surface area contributed by atoms with Gasteiger partial charge in [0.1, 0.15) is 5.75 Å². The van der Waals surface area contributed by atoms with Crippen molar-refractivity contribution in [1.82, 2.24) is 5.32 Å². The molecule has 1 aromatic carbocycles. The van der Waals surface area contributed by atoms with Crippen LogP contribution >= 0.6 is 0 Å². The Bertz CT molecular complexity index is 493. The smallest absolute Gasteiger partial charge is 0.220 e. The van der Waals surface area contributed by atoms with Gasteiger partial charge < -0.3 is 20.5 Å². The minimum atomic E-state index is -0.0610. The number of hydrogen-bond acceptors (Lipinski definition) is 4. The number of ether oxygens (including phenoxy) is 2. The molecule has 0 radical (unpaired) electrons. The summed E-state index contributed by atoms with van der Waals surface area (Å²) in [5, 5.41) is 3.09. The quantitative estimate of drug-likeness (QED) is 0.806. The normalized spacial score (nSPS) is 18.2. The molecule has 1 atom stereocenters. The van der Waals surface area contributed by atoms with E-state index >= 15 is 0 Å². The van der Waals surface area contributed by atoms with Crippen molar-refractivity contribution in [3.63, 3.8) is 0 Å². The second-order valence-corrected chi connectivity index (χ2v) is 6.41. The summed E-state index contributed by atoms with van der Waals surface area (Å²) in [5.41, 5.74) is 6.89. The zero-order valence-electron chi connectivity index (χ0n) is 14.1. The molecule has 2 rings (SSSR count). The molecular weight excluding hydrogens is 292 g/mol. The van der Waals surface area contributed by atoms with Crippen LogP contribution in [0.15, 0.2) is 24.3 Å². The Morgan fingerprint density at radius 3 is 2.57 bits per heavy atom. The standard InChI is InChI=1S/C18H28N2O3/c1-14(19)3-8-17(21)20-13-18(9-11-23-12-10-18)15-4-6-16(22-2)7-5-15/h4-7,14H,3,8-13,19H2,1-2H3,(H,20,21). The van der Waals surface area contributed by atoms with Gasteiger partial charge in [-0.3, -0.25) is 4.79 Å². The fourth-order valence-electron chi connectivity index (χ4n) is 2.99. The number of rotatable bonds is 7. The molecular formula is C18H28N2O3. The Kier molecular flexibility index (Phi) is 6.42. The van der Waals surface area contributed by atoms with E-state index in [1.54, 1.807) is 7.11 Å². The van der Waals surface area contributed by atoms with Crippen LogP contribution in [0.1, 0.15) is 38.2 Å². The van der Waals surface area contributed by atoms with Crippen molar-refractivity contribution in [1.29, 1.82) is 0 Å². The van der Waals surface area contributed by atoms with E-state index < -0.39 is 0 Å². The minimum Gasteiger partial charge on any atom is -0.497 e. The van der Waals surface area contributed by atoms with Crippen molar-refractivity contribution in [2.75, 3.05) is 26.9 Å². The van der Waals surface area contributed by atoms with Gasteiger partial charge in [-0.2, -0.15) is 0 Å². The summed E-state index contributed by atoms with van der Waals surface area (Å²) in [4.78, 5) is 12.0. The van der Waals surface area contributed by atoms with Gasteiger partial charge in [0.2, 0.25) is 5.91 Å². The number of hydrogen-bond donors (Lipinski definition) is 2. The summed E-state index contributed by atoms with van der Waals surface area (Å²) in [6, 6.07) is 8.20. The number of nitrogens with one attached hydrogen (secondary N) is 1. The van der Waals surface area contributed by atoms with E-state index in [9.17, 15) is 4.79 Å². The lowest BCUT2D eigenvalue weighted by molar-refractivity contribution is -0.121. The average Bonchev–Trinajstić information content (AvgIpc) is 2.59. The Morgan fingerprint density at radius 2 is 2.00 bits per heavy atom. The summed E-state index contributed by atoms with van der Waals surface area (Å²) < 4.78 is 10.8. The molecule has 128 valence electrons. The number of carbonyl (C=O) groups excluding carboxylic acids is 1. The van der Waals surface area contributed by atoms with Crippen molar-refractivity contribution in [2.45, 2.75) is 44.1 Å². The molecule has 1 aromatic rings. The van der Waals surface area contributed by atoms with Crippen molar-refractivity contribution in [3.8, 4) is 5.75 Å². The molecule has 0 saturated carbocycles. The highest BCUT2D eigenvalue weighted by Crippen LogP contribution is 2.35. The van der Waals surface area contributed by atoms with Gasteiger partial charge in [0.25, 0.3) is 0 Å². The Balaban J connectivity index is 2.04. The Hall–Kier alpha value is -1.59. The van der Waals surface area contributed by atoms with Crippen LogP contribution in [-0.2, 0) is 14.9 Å². The van der Waals surface area contributed by atoms with E-state index in [-0.39, 0.29) is 17.4 Å². The Labute approximate surface area is 138 Å². The first kappa shape index (κ1) is 17.8. The summed E-state index contributed by atoms with van der Waals surface area (Å²) in [6.07, 6.45) is 3.01. The topological polar surface area (TPSA) is 73.6 Å². The van der Waals surface area contributed by atoms with E-state index in [0.29, 0.717) is 19.4 Å². The number of amides is 1. The average molecular weight is 320 g/mol. The zero-order chi connectivity index (χ0) is 16.7. The van der Waals surface area contributed by atoms with Crippen LogP contribution in [0, 0.1) is 0 Å². The highest BCUT2D eigenvalue weighted by molar-refractivity contribution is 5.76. The maximum atomic E-state index is 12.0. The molecule has 0 aromatic heterocycles. The fourth-order valence-corrected chi connectivity index (χ4v) is 2.99.